The molecular formula is C27H36F2N4O3S. The number of urea groups is 1. The van der Waals surface area contributed by atoms with Gasteiger partial charge in [-0.05, 0) is 59.1 Å². The summed E-state index contributed by atoms with van der Waals surface area (Å²) in [5, 5.41) is 8.69. The van der Waals surface area contributed by atoms with Crippen LogP contribution in [0.4, 0.5) is 18.4 Å². The number of hydrogen-bond acceptors (Lipinski definition) is 5. The van der Waals surface area contributed by atoms with Crippen LogP contribution in [-0.2, 0) is 9.61 Å². The number of halogens is 2. The lowest BCUT2D eigenvalue weighted by Crippen LogP contribution is -2.47. The largest absolute Gasteiger partial charge is 0.444 e. The van der Waals surface area contributed by atoms with Crippen LogP contribution in [0, 0.1) is 0 Å². The molecule has 1 atom stereocenters. The Bertz CT molecular complexity index is 1080. The molecule has 0 radical (unpaired) electrons. The van der Waals surface area contributed by atoms with E-state index in [2.05, 4.69) is 17.0 Å². The highest BCUT2D eigenvalue weighted by Crippen LogP contribution is 2.51. The van der Waals surface area contributed by atoms with Gasteiger partial charge >= 0.3 is 12.1 Å². The molecule has 0 fully saturated rings. The Labute approximate surface area is 222 Å². The number of thioether (sulfide) groups is 1. The van der Waals surface area contributed by atoms with Crippen molar-refractivity contribution < 1.29 is 23.1 Å². The van der Waals surface area contributed by atoms with Gasteiger partial charge in [-0.3, -0.25) is 0 Å². The monoisotopic (exact) mass is 534 g/mol. The van der Waals surface area contributed by atoms with Crippen LogP contribution in [0.15, 0.2) is 71.4 Å². The van der Waals surface area contributed by atoms with E-state index in [1.165, 1.54) is 22.9 Å². The normalized spacial score (nSPS) is 18.4. The van der Waals surface area contributed by atoms with Crippen molar-refractivity contribution in [1.82, 2.24) is 15.2 Å². The number of ether oxygens (including phenoxy) is 1. The Morgan fingerprint density at radius 1 is 1.27 bits per heavy atom. The molecule has 1 heterocycles. The van der Waals surface area contributed by atoms with E-state index < -0.39 is 34.3 Å². The first-order chi connectivity index (χ1) is 17.3. The number of hydrogen-bond donors (Lipinski definition) is 1. The average Bonchev–Trinajstić information content (AvgIpc) is 3.23. The molecule has 0 saturated carbocycles. The van der Waals surface area contributed by atoms with Crippen LogP contribution < -0.4 is 5.32 Å². The second-order valence-electron chi connectivity index (χ2n) is 9.43. The highest BCUT2D eigenvalue weighted by atomic mass is 32.2. The zero-order chi connectivity index (χ0) is 27.8. The number of amides is 3. The second-order valence-corrected chi connectivity index (χ2v) is 10.7. The highest BCUT2D eigenvalue weighted by molar-refractivity contribution is 8.15. The van der Waals surface area contributed by atoms with Crippen LogP contribution in [0.3, 0.4) is 0 Å². The van der Waals surface area contributed by atoms with E-state index in [0.29, 0.717) is 19.4 Å². The molecule has 202 valence electrons. The lowest BCUT2D eigenvalue weighted by Gasteiger charge is -2.37. The number of carbonyl (C=O) groups is 2. The Hall–Kier alpha value is -3.14. The van der Waals surface area contributed by atoms with Gasteiger partial charge in [-0.2, -0.15) is 10.1 Å². The third kappa shape index (κ3) is 7.92. The summed E-state index contributed by atoms with van der Waals surface area (Å²) in [4.78, 5) is 26.0. The lowest BCUT2D eigenvalue weighted by molar-refractivity contribution is 0.0524. The maximum atomic E-state index is 14.5. The number of nitrogens with zero attached hydrogens (tertiary/aromatic N) is 3. The first kappa shape index (κ1) is 30.1. The lowest BCUT2D eigenvalue weighted by atomic mass is 10.0. The second kappa shape index (κ2) is 12.9. The molecule has 0 aliphatic carbocycles. The third-order valence-corrected chi connectivity index (χ3v) is 6.89. The molecule has 0 spiro atoms. The van der Waals surface area contributed by atoms with Crippen LogP contribution >= 0.6 is 11.8 Å². The van der Waals surface area contributed by atoms with E-state index in [1.54, 1.807) is 27.8 Å². The van der Waals surface area contributed by atoms with E-state index in [9.17, 15) is 18.4 Å². The number of alkyl carbamates (subject to hydrolysis) is 1. The number of nitrogens with one attached hydrogen (secondary N) is 1. The molecule has 37 heavy (non-hydrogen) atoms. The van der Waals surface area contributed by atoms with Gasteiger partial charge in [0.2, 0.25) is 0 Å². The molecule has 0 aromatic heterocycles. The molecule has 1 N–H and O–H groups in total. The number of hydrazone groups is 1. The van der Waals surface area contributed by atoms with Gasteiger partial charge in [0, 0.05) is 25.7 Å². The van der Waals surface area contributed by atoms with E-state index in [0.717, 1.165) is 23.4 Å². The zero-order valence-electron chi connectivity index (χ0n) is 22.3. The Morgan fingerprint density at radius 3 is 2.46 bits per heavy atom. The summed E-state index contributed by atoms with van der Waals surface area (Å²) in [6.07, 6.45) is 2.47. The molecule has 10 heteroatoms. The van der Waals surface area contributed by atoms with Gasteiger partial charge in [-0.1, -0.05) is 54.7 Å². The van der Waals surface area contributed by atoms with Crippen molar-refractivity contribution in [3.8, 4) is 0 Å². The topological polar surface area (TPSA) is 74.2 Å². The van der Waals surface area contributed by atoms with Gasteiger partial charge in [-0.15, -0.1) is 0 Å². The molecule has 0 saturated heterocycles. The summed E-state index contributed by atoms with van der Waals surface area (Å²) in [7, 11) is 1.64. The summed E-state index contributed by atoms with van der Waals surface area (Å²) >= 11 is 1.15. The fourth-order valence-corrected chi connectivity index (χ4v) is 4.92. The highest BCUT2D eigenvalue weighted by Gasteiger charge is 2.49. The molecule has 0 unspecified atom stereocenters. The molecular weight excluding hydrogens is 498 g/mol. The summed E-state index contributed by atoms with van der Waals surface area (Å²) in [5.74, 6) is -1.52. The molecule has 1 aliphatic rings. The minimum absolute atomic E-state index is 0.131. The summed E-state index contributed by atoms with van der Waals surface area (Å²) in [6.45, 7) is 12.7. The van der Waals surface area contributed by atoms with Gasteiger partial charge in [-0.25, -0.2) is 18.4 Å². The third-order valence-electron chi connectivity index (χ3n) is 5.45. The van der Waals surface area contributed by atoms with Crippen molar-refractivity contribution in [2.75, 3.05) is 20.1 Å². The van der Waals surface area contributed by atoms with Crippen LogP contribution in [-0.4, -0.2) is 52.8 Å². The summed E-state index contributed by atoms with van der Waals surface area (Å²) in [6, 6.07) is 8.85. The fourth-order valence-electron chi connectivity index (χ4n) is 3.49. The van der Waals surface area contributed by atoms with Crippen LogP contribution in [0.1, 0.15) is 53.0 Å². The molecule has 7 nitrogen and oxygen atoms in total. The van der Waals surface area contributed by atoms with E-state index in [-0.39, 0.29) is 17.2 Å². The van der Waals surface area contributed by atoms with E-state index in [1.807, 2.05) is 37.3 Å². The summed E-state index contributed by atoms with van der Waals surface area (Å²) < 4.78 is 34.0. The molecule has 0 bridgehead atoms. The molecule has 1 aromatic carbocycles. The van der Waals surface area contributed by atoms with Crippen LogP contribution in [0.25, 0.3) is 0 Å². The Morgan fingerprint density at radius 2 is 1.92 bits per heavy atom. The minimum Gasteiger partial charge on any atom is -0.444 e. The van der Waals surface area contributed by atoms with Crippen molar-refractivity contribution >= 4 is 28.9 Å². The van der Waals surface area contributed by atoms with Gasteiger partial charge in [0.1, 0.15) is 27.2 Å². The first-order valence-corrected chi connectivity index (χ1v) is 12.9. The van der Waals surface area contributed by atoms with Crippen molar-refractivity contribution in [2.24, 2.45) is 5.10 Å². The fraction of sp³-hybridized carbons (Fsp3) is 0.444. The van der Waals surface area contributed by atoms with Crippen molar-refractivity contribution in [2.45, 2.75) is 57.9 Å². The molecule has 1 aromatic rings. The van der Waals surface area contributed by atoms with Gasteiger partial charge in [0.05, 0.1) is 0 Å². The van der Waals surface area contributed by atoms with Crippen molar-refractivity contribution in [1.29, 1.82) is 0 Å². The van der Waals surface area contributed by atoms with Crippen molar-refractivity contribution in [3.05, 3.63) is 71.9 Å². The van der Waals surface area contributed by atoms with Gasteiger partial charge in [0.25, 0.3) is 0 Å². The Kier molecular flexibility index (Phi) is 10.5. The van der Waals surface area contributed by atoms with Gasteiger partial charge < -0.3 is 15.0 Å². The maximum absolute atomic E-state index is 14.5. The standard InChI is InChI=1S/C27H36F2N4O3S/c1-8-21(29)18-22(19(3)28)23-31-33(25(35)32(7)9-2)27(37-23,20-14-11-10-12-15-20)16-13-17-30-24(34)36-26(4,5)6/h8,10-12,14-15,18H,3,9,13,16-17H2,1-2,4-7H3,(H,30,34)/b21-8+,22-18+/t27-/m0/s1. The number of allylic oxidation sites excluding steroid dienone is 4. The van der Waals surface area contributed by atoms with Crippen LogP contribution in [0.2, 0.25) is 0 Å². The number of carbonyl (C=O) groups excluding carboxylic acids is 2. The van der Waals surface area contributed by atoms with E-state index in [4.69, 9.17) is 4.74 Å². The molecule has 1 aliphatic heterocycles. The number of rotatable bonds is 9. The number of benzene rings is 1. The SMILES string of the molecule is C=C(F)/C(=C\C(F)=C/C)C1=NN(C(=O)N(C)CC)[C@](CCCNC(=O)OC(C)(C)C)(c2ccccc2)S1. The first-order valence-electron chi connectivity index (χ1n) is 12.1. The smallest absolute Gasteiger partial charge is 0.407 e. The Balaban J connectivity index is 2.49. The average molecular weight is 535 g/mol. The summed E-state index contributed by atoms with van der Waals surface area (Å²) in [5.41, 5.74) is -0.0148. The molecule has 3 amide bonds. The van der Waals surface area contributed by atoms with Crippen LogP contribution in [0.5, 0.6) is 0 Å². The minimum atomic E-state index is -1.08. The van der Waals surface area contributed by atoms with Gasteiger partial charge in [0.15, 0.2) is 0 Å². The predicted octanol–water partition coefficient (Wildman–Crippen LogP) is 6.86. The quantitative estimate of drug-likeness (QED) is 0.277. The zero-order valence-corrected chi connectivity index (χ0v) is 23.1. The van der Waals surface area contributed by atoms with Crippen molar-refractivity contribution in [3.63, 3.8) is 0 Å². The molecule has 2 rings (SSSR count). The maximum Gasteiger partial charge on any atom is 0.407 e. The predicted molar refractivity (Wildman–Crippen MR) is 145 cm³/mol. The van der Waals surface area contributed by atoms with E-state index >= 15 is 0 Å².